The van der Waals surface area contributed by atoms with Crippen LogP contribution in [-0.4, -0.2) is 43.5 Å². The van der Waals surface area contributed by atoms with E-state index in [2.05, 4.69) is 10.6 Å². The lowest BCUT2D eigenvalue weighted by atomic mass is 10.0. The Bertz CT molecular complexity index is 846. The van der Waals surface area contributed by atoms with E-state index in [1.165, 1.54) is 0 Å². The number of sulfone groups is 1. The summed E-state index contributed by atoms with van der Waals surface area (Å²) in [7, 11) is -3.24. The van der Waals surface area contributed by atoms with E-state index in [-0.39, 0.29) is 42.9 Å². The second-order valence-corrected chi connectivity index (χ2v) is 9.87. The van der Waals surface area contributed by atoms with Gasteiger partial charge in [0.05, 0.1) is 23.1 Å². The average Bonchev–Trinajstić information content (AvgIpc) is 3.02. The first-order valence-corrected chi connectivity index (χ1v) is 11.1. The van der Waals surface area contributed by atoms with Crippen molar-refractivity contribution in [3.63, 3.8) is 0 Å². The highest BCUT2D eigenvalue weighted by atomic mass is 35.5. The van der Waals surface area contributed by atoms with Gasteiger partial charge < -0.3 is 15.4 Å². The molecule has 0 aliphatic carbocycles. The summed E-state index contributed by atoms with van der Waals surface area (Å²) in [6.45, 7) is 0.0628. The molecule has 7 nitrogen and oxygen atoms in total. The molecule has 2 fully saturated rings. The Kier molecular flexibility index (Phi) is 6.18. The molecule has 2 aliphatic heterocycles. The molecule has 0 bridgehead atoms. The smallest absolute Gasteiger partial charge is 0.315 e. The van der Waals surface area contributed by atoms with Crippen LogP contribution in [0.1, 0.15) is 31.2 Å². The minimum absolute atomic E-state index is 0.0367. The summed E-state index contributed by atoms with van der Waals surface area (Å²) in [6.07, 6.45) is 1.66. The van der Waals surface area contributed by atoms with Gasteiger partial charge in [-0.2, -0.15) is 0 Å². The maximum atomic E-state index is 12.2. The lowest BCUT2D eigenvalue weighted by Gasteiger charge is -2.16. The predicted molar refractivity (Wildman–Crippen MR) is 102 cm³/mol. The first-order chi connectivity index (χ1) is 12.8. The first-order valence-electron chi connectivity index (χ1n) is 8.64. The number of fused-ring (bicyclic) bond motifs is 1. The summed E-state index contributed by atoms with van der Waals surface area (Å²) in [5.74, 6) is -0.408. The fourth-order valence-electron chi connectivity index (χ4n) is 3.49. The van der Waals surface area contributed by atoms with Crippen molar-refractivity contribution < 1.29 is 22.7 Å². The lowest BCUT2D eigenvalue weighted by molar-refractivity contribution is -0.145. The van der Waals surface area contributed by atoms with Crippen LogP contribution in [-0.2, 0) is 26.0 Å². The van der Waals surface area contributed by atoms with Crippen molar-refractivity contribution >= 4 is 45.0 Å². The fraction of sp³-hybridized carbons (Fsp3) is 0.529. The monoisotopic (exact) mass is 434 g/mol. The number of carbonyl (C=O) groups is 2. The normalized spacial score (nSPS) is 25.6. The lowest BCUT2D eigenvalue weighted by Crippen LogP contribution is -2.39. The molecule has 0 saturated carbocycles. The fourth-order valence-corrected chi connectivity index (χ4v) is 6.22. The van der Waals surface area contributed by atoms with E-state index >= 15 is 0 Å². The number of hydrogen-bond donors (Lipinski definition) is 2. The Labute approximate surface area is 167 Å². The Hall–Kier alpha value is -1.51. The third-order valence-electron chi connectivity index (χ3n) is 4.84. The van der Waals surface area contributed by atoms with Gasteiger partial charge in [-0.3, -0.25) is 4.79 Å². The zero-order valence-electron chi connectivity index (χ0n) is 14.4. The molecule has 1 aromatic carbocycles. The van der Waals surface area contributed by atoms with Crippen LogP contribution in [0.2, 0.25) is 10.0 Å². The minimum Gasteiger partial charge on any atom is -0.461 e. The van der Waals surface area contributed by atoms with Crippen molar-refractivity contribution in [2.75, 3.05) is 5.75 Å². The topological polar surface area (TPSA) is 102 Å². The largest absolute Gasteiger partial charge is 0.461 e. The molecule has 2 N–H and O–H groups in total. The number of rotatable bonds is 7. The van der Waals surface area contributed by atoms with E-state index in [0.717, 1.165) is 0 Å². The van der Waals surface area contributed by atoms with Crippen molar-refractivity contribution in [1.29, 1.82) is 0 Å². The van der Waals surface area contributed by atoms with Gasteiger partial charge in [0.15, 0.2) is 9.84 Å². The molecule has 2 amide bonds. The average molecular weight is 435 g/mol. The number of unbranched alkanes of at least 4 members (excludes halogenated alkanes) is 1. The maximum absolute atomic E-state index is 12.2. The third kappa shape index (κ3) is 4.86. The van der Waals surface area contributed by atoms with E-state index in [1.54, 1.807) is 18.2 Å². The molecule has 3 rings (SSSR count). The van der Waals surface area contributed by atoms with Crippen molar-refractivity contribution in [3.05, 3.63) is 33.8 Å². The summed E-state index contributed by atoms with van der Waals surface area (Å²) in [4.78, 5) is 23.2. The van der Waals surface area contributed by atoms with Gasteiger partial charge in [-0.1, -0.05) is 35.7 Å². The van der Waals surface area contributed by atoms with Gasteiger partial charge in [-0.25, -0.2) is 13.2 Å². The van der Waals surface area contributed by atoms with Gasteiger partial charge in [0.2, 0.25) is 0 Å². The van der Waals surface area contributed by atoms with E-state index in [4.69, 9.17) is 27.9 Å². The summed E-state index contributed by atoms with van der Waals surface area (Å²) in [6, 6.07) is 3.88. The zero-order chi connectivity index (χ0) is 19.6. The van der Waals surface area contributed by atoms with Gasteiger partial charge in [0, 0.05) is 22.0 Å². The number of hydrogen-bond acceptors (Lipinski definition) is 5. The number of carbonyl (C=O) groups excluding carboxylic acids is 2. The van der Waals surface area contributed by atoms with Crippen LogP contribution in [0, 0.1) is 0 Å². The van der Waals surface area contributed by atoms with E-state index in [9.17, 15) is 18.0 Å². The van der Waals surface area contributed by atoms with Gasteiger partial charge >= 0.3 is 12.0 Å². The maximum Gasteiger partial charge on any atom is 0.315 e. The van der Waals surface area contributed by atoms with Crippen LogP contribution in [0.25, 0.3) is 0 Å². The minimum atomic E-state index is -3.24. The Morgan fingerprint density at radius 3 is 2.74 bits per heavy atom. The number of nitrogens with one attached hydrogen (secondary N) is 2. The standard InChI is InChI=1S/C17H20Cl2N2O5S/c18-11-6-5-10(12(19)7-11)8-26-15(22)4-2-1-3-14-16-13(9-27(14,24)25)20-17(23)21-16/h5-7,13-14,16H,1-4,8-9H2,(H2,20,21,23)/t13-,14-,16-/m0/s1. The van der Waals surface area contributed by atoms with Crippen LogP contribution in [0.5, 0.6) is 0 Å². The summed E-state index contributed by atoms with van der Waals surface area (Å²) in [5, 5.41) is 5.64. The summed E-state index contributed by atoms with van der Waals surface area (Å²) in [5.41, 5.74) is 0.669. The second-order valence-electron chi connectivity index (χ2n) is 6.76. The molecule has 3 atom stereocenters. The molecular weight excluding hydrogens is 415 g/mol. The van der Waals surface area contributed by atoms with Crippen LogP contribution in [0.3, 0.4) is 0 Å². The van der Waals surface area contributed by atoms with Crippen molar-refractivity contribution in [1.82, 2.24) is 10.6 Å². The molecule has 2 aliphatic rings. The van der Waals surface area contributed by atoms with Gasteiger partial charge in [-0.05, 0) is 25.0 Å². The van der Waals surface area contributed by atoms with E-state index in [0.29, 0.717) is 34.9 Å². The Morgan fingerprint density at radius 1 is 1.22 bits per heavy atom. The molecule has 0 aromatic heterocycles. The molecule has 10 heteroatoms. The van der Waals surface area contributed by atoms with Gasteiger partial charge in [0.1, 0.15) is 6.61 Å². The highest BCUT2D eigenvalue weighted by Crippen LogP contribution is 2.28. The molecule has 0 radical (unpaired) electrons. The molecule has 1 aromatic rings. The highest BCUT2D eigenvalue weighted by molar-refractivity contribution is 7.92. The van der Waals surface area contributed by atoms with Gasteiger partial charge in [-0.15, -0.1) is 0 Å². The Morgan fingerprint density at radius 2 is 2.00 bits per heavy atom. The van der Waals surface area contributed by atoms with Gasteiger partial charge in [0.25, 0.3) is 0 Å². The molecule has 27 heavy (non-hydrogen) atoms. The SMILES string of the molecule is O=C1N[C@H]2[C@H](CS(=O)(=O)[C@H]2CCCCC(=O)OCc2ccc(Cl)cc2Cl)N1. The molecule has 2 saturated heterocycles. The third-order valence-corrected chi connectivity index (χ3v) is 7.71. The number of urea groups is 1. The molecule has 2 heterocycles. The zero-order valence-corrected chi connectivity index (χ0v) is 16.7. The van der Waals surface area contributed by atoms with Crippen LogP contribution in [0.4, 0.5) is 4.79 Å². The quantitative estimate of drug-likeness (QED) is 0.389. The van der Waals surface area contributed by atoms with Crippen LogP contribution < -0.4 is 10.6 Å². The number of halogens is 2. The van der Waals surface area contributed by atoms with Crippen molar-refractivity contribution in [2.45, 2.75) is 49.6 Å². The summed E-state index contributed by atoms with van der Waals surface area (Å²) < 4.78 is 29.6. The van der Waals surface area contributed by atoms with Crippen LogP contribution >= 0.6 is 23.2 Å². The van der Waals surface area contributed by atoms with E-state index < -0.39 is 15.1 Å². The second kappa shape index (κ2) is 8.24. The number of amides is 2. The first kappa shape index (κ1) is 20.2. The molecule has 148 valence electrons. The predicted octanol–water partition coefficient (Wildman–Crippen LogP) is 2.44. The van der Waals surface area contributed by atoms with Crippen molar-refractivity contribution in [2.24, 2.45) is 0 Å². The molecular formula is C17H20Cl2N2O5S. The number of ether oxygens (including phenoxy) is 1. The highest BCUT2D eigenvalue weighted by Gasteiger charge is 2.51. The van der Waals surface area contributed by atoms with Crippen molar-refractivity contribution in [3.8, 4) is 0 Å². The van der Waals surface area contributed by atoms with E-state index in [1.807, 2.05) is 0 Å². The number of benzene rings is 1. The summed E-state index contributed by atoms with van der Waals surface area (Å²) >= 11 is 11.8. The molecule has 0 unspecified atom stereocenters. The number of esters is 1. The Balaban J connectivity index is 1.40. The molecule has 0 spiro atoms. The van der Waals surface area contributed by atoms with Crippen LogP contribution in [0.15, 0.2) is 18.2 Å².